The van der Waals surface area contributed by atoms with Crippen LogP contribution in [0.3, 0.4) is 0 Å². The molecule has 0 unspecified atom stereocenters. The number of carbonyl (C=O) groups is 1. The Morgan fingerprint density at radius 2 is 1.72 bits per heavy atom. The molecule has 0 bridgehead atoms. The van der Waals surface area contributed by atoms with E-state index >= 15 is 0 Å². The van der Waals surface area contributed by atoms with Crippen molar-refractivity contribution in [2.45, 2.75) is 72.8 Å². The highest BCUT2D eigenvalue weighted by atomic mass is 16.5. The lowest BCUT2D eigenvalue weighted by Crippen LogP contribution is -2.26. The maximum atomic E-state index is 11.1. The van der Waals surface area contributed by atoms with Gasteiger partial charge < -0.3 is 14.6 Å². The highest BCUT2D eigenvalue weighted by molar-refractivity contribution is 5.77. The molecule has 39 heavy (non-hydrogen) atoms. The Bertz CT molecular complexity index is 1230. The van der Waals surface area contributed by atoms with Crippen molar-refractivity contribution in [3.05, 3.63) is 89.3 Å². The van der Waals surface area contributed by atoms with Gasteiger partial charge in [-0.15, -0.1) is 5.10 Å². The Kier molecular flexibility index (Phi) is 13.0. The molecule has 1 amide bonds. The monoisotopic (exact) mass is 534 g/mol. The molecule has 0 saturated carbocycles. The van der Waals surface area contributed by atoms with Crippen LogP contribution in [0.1, 0.15) is 87.7 Å². The van der Waals surface area contributed by atoms with E-state index in [1.165, 1.54) is 12.7 Å². The first-order chi connectivity index (χ1) is 18.6. The standard InChI is InChI=1S/C12H18N2O2.C11H13N3.C7H11NO/c1-9(2)10-4-5-11(13-6-10)7-14-12(15)8-16-3;1-9(2)11-8-14(13-12-11)10-6-4-3-5-7-10;1-5(2)7-4-6(3)8-9-7/h4-6,9H,7-8H2,1-3H3,(H,14,15);3-9H,1-2H3;4-5H,1-3H3. The number of aromatic nitrogens is 5. The van der Waals surface area contributed by atoms with Crippen molar-refractivity contribution in [2.75, 3.05) is 13.7 Å². The number of hydrogen-bond acceptors (Lipinski definition) is 7. The highest BCUT2D eigenvalue weighted by Crippen LogP contribution is 2.14. The summed E-state index contributed by atoms with van der Waals surface area (Å²) in [4.78, 5) is 15.4. The molecule has 9 nitrogen and oxygen atoms in total. The van der Waals surface area contributed by atoms with Crippen molar-refractivity contribution in [1.82, 2.24) is 30.5 Å². The number of rotatable bonds is 8. The topological polar surface area (TPSA) is 108 Å². The Hall–Kier alpha value is -3.85. The molecule has 4 aromatic rings. The fourth-order valence-electron chi connectivity index (χ4n) is 3.16. The molecule has 1 aromatic carbocycles. The Labute approximate surface area is 232 Å². The van der Waals surface area contributed by atoms with Crippen LogP contribution in [0.2, 0.25) is 0 Å². The van der Waals surface area contributed by atoms with Gasteiger partial charge in [-0.05, 0) is 42.5 Å². The van der Waals surface area contributed by atoms with E-state index in [2.05, 4.69) is 67.3 Å². The lowest BCUT2D eigenvalue weighted by Gasteiger charge is -2.07. The van der Waals surface area contributed by atoms with Crippen molar-refractivity contribution in [1.29, 1.82) is 0 Å². The van der Waals surface area contributed by atoms with Crippen LogP contribution in [0.25, 0.3) is 5.69 Å². The second-order valence-electron chi connectivity index (χ2n) is 10.1. The minimum atomic E-state index is -0.128. The van der Waals surface area contributed by atoms with Gasteiger partial charge in [-0.25, -0.2) is 4.68 Å². The second-order valence-corrected chi connectivity index (χ2v) is 10.1. The van der Waals surface area contributed by atoms with Crippen LogP contribution in [-0.4, -0.2) is 44.8 Å². The van der Waals surface area contributed by atoms with Crippen molar-refractivity contribution in [3.63, 3.8) is 0 Å². The van der Waals surface area contributed by atoms with Crippen LogP contribution in [0.4, 0.5) is 0 Å². The first-order valence-corrected chi connectivity index (χ1v) is 13.2. The van der Waals surface area contributed by atoms with Crippen LogP contribution in [0.5, 0.6) is 0 Å². The molecule has 4 rings (SSSR count). The van der Waals surface area contributed by atoms with Crippen LogP contribution in [0.15, 0.2) is 65.4 Å². The van der Waals surface area contributed by atoms with E-state index in [4.69, 9.17) is 9.26 Å². The number of methoxy groups -OCH3 is 1. The van der Waals surface area contributed by atoms with E-state index < -0.39 is 0 Å². The summed E-state index contributed by atoms with van der Waals surface area (Å²) in [6.07, 6.45) is 3.82. The number of nitrogens with zero attached hydrogens (tertiary/aromatic N) is 5. The number of amides is 1. The summed E-state index contributed by atoms with van der Waals surface area (Å²) in [5.41, 5.74) is 5.08. The minimum Gasteiger partial charge on any atom is -0.375 e. The van der Waals surface area contributed by atoms with Crippen LogP contribution < -0.4 is 5.32 Å². The summed E-state index contributed by atoms with van der Waals surface area (Å²) in [7, 11) is 1.50. The van der Waals surface area contributed by atoms with Crippen molar-refractivity contribution in [2.24, 2.45) is 0 Å². The third kappa shape index (κ3) is 11.2. The molecule has 0 spiro atoms. The Morgan fingerprint density at radius 1 is 1.00 bits per heavy atom. The molecule has 0 aliphatic rings. The molecule has 1 N–H and O–H groups in total. The van der Waals surface area contributed by atoms with E-state index in [9.17, 15) is 4.79 Å². The van der Waals surface area contributed by atoms with Gasteiger partial charge in [0.1, 0.15) is 12.4 Å². The van der Waals surface area contributed by atoms with Crippen LogP contribution in [0, 0.1) is 6.92 Å². The molecular weight excluding hydrogens is 492 g/mol. The Morgan fingerprint density at radius 3 is 2.18 bits per heavy atom. The zero-order valence-electron chi connectivity index (χ0n) is 24.4. The number of ether oxygens (including phenoxy) is 1. The molecule has 0 aliphatic heterocycles. The number of pyridine rings is 1. The summed E-state index contributed by atoms with van der Waals surface area (Å²) in [6.45, 7) is 15.1. The highest BCUT2D eigenvalue weighted by Gasteiger charge is 2.06. The van der Waals surface area contributed by atoms with Gasteiger partial charge in [0.25, 0.3) is 0 Å². The quantitative estimate of drug-likeness (QED) is 0.297. The third-order valence-electron chi connectivity index (χ3n) is 5.59. The number of aryl methyl sites for hydroxylation is 1. The van der Waals surface area contributed by atoms with E-state index in [1.807, 2.05) is 67.8 Å². The van der Waals surface area contributed by atoms with E-state index in [1.54, 1.807) is 4.68 Å². The summed E-state index contributed by atoms with van der Waals surface area (Å²) >= 11 is 0. The molecule has 210 valence electrons. The Balaban J connectivity index is 0.000000213. The van der Waals surface area contributed by atoms with E-state index in [-0.39, 0.29) is 12.5 Å². The normalized spacial score (nSPS) is 10.6. The molecule has 3 aromatic heterocycles. The fourth-order valence-corrected chi connectivity index (χ4v) is 3.16. The van der Waals surface area contributed by atoms with Crippen LogP contribution in [-0.2, 0) is 16.1 Å². The maximum Gasteiger partial charge on any atom is 0.246 e. The average molecular weight is 535 g/mol. The number of hydrogen-bond donors (Lipinski definition) is 1. The predicted octanol–water partition coefficient (Wildman–Crippen LogP) is 5.96. The minimum absolute atomic E-state index is 0.0874. The smallest absolute Gasteiger partial charge is 0.246 e. The summed E-state index contributed by atoms with van der Waals surface area (Å²) in [6, 6.07) is 15.9. The van der Waals surface area contributed by atoms with Gasteiger partial charge in [0.15, 0.2) is 0 Å². The molecule has 0 atom stereocenters. The van der Waals surface area contributed by atoms with Gasteiger partial charge in [-0.1, -0.05) is 76.2 Å². The predicted molar refractivity (Wildman–Crippen MR) is 153 cm³/mol. The molecular formula is C30H42N6O3. The molecule has 0 radical (unpaired) electrons. The van der Waals surface area contributed by atoms with Gasteiger partial charge in [0.05, 0.1) is 35.5 Å². The molecule has 0 aliphatic carbocycles. The summed E-state index contributed by atoms with van der Waals surface area (Å²) < 4.78 is 11.5. The number of benzene rings is 1. The van der Waals surface area contributed by atoms with Crippen molar-refractivity contribution >= 4 is 5.91 Å². The zero-order chi connectivity index (χ0) is 28.8. The number of nitrogens with one attached hydrogen (secondary N) is 1. The van der Waals surface area contributed by atoms with Gasteiger partial charge >= 0.3 is 0 Å². The number of carbonyl (C=O) groups excluding carboxylic acids is 1. The first kappa shape index (κ1) is 31.4. The van der Waals surface area contributed by atoms with E-state index in [0.717, 1.165) is 28.5 Å². The van der Waals surface area contributed by atoms with Gasteiger partial charge in [0.2, 0.25) is 5.91 Å². The SMILES string of the molecule is CC(C)c1cn(-c2ccccc2)nn1.COCC(=O)NCc1ccc(C(C)C)cn1.Cc1cc(C(C)C)on1. The molecule has 9 heteroatoms. The fraction of sp³-hybridized carbons (Fsp3) is 0.433. The lowest BCUT2D eigenvalue weighted by atomic mass is 10.1. The third-order valence-corrected chi connectivity index (χ3v) is 5.59. The van der Waals surface area contributed by atoms with Crippen molar-refractivity contribution in [3.8, 4) is 5.69 Å². The zero-order valence-corrected chi connectivity index (χ0v) is 24.4. The summed E-state index contributed by atoms with van der Waals surface area (Å²) in [5.74, 6) is 2.19. The number of para-hydroxylation sites is 1. The van der Waals surface area contributed by atoms with Crippen LogP contribution >= 0.6 is 0 Å². The lowest BCUT2D eigenvalue weighted by molar-refractivity contribution is -0.124. The van der Waals surface area contributed by atoms with E-state index in [0.29, 0.717) is 24.3 Å². The van der Waals surface area contributed by atoms with Gasteiger partial charge in [-0.2, -0.15) is 0 Å². The van der Waals surface area contributed by atoms with Gasteiger partial charge in [-0.3, -0.25) is 9.78 Å². The first-order valence-electron chi connectivity index (χ1n) is 13.2. The van der Waals surface area contributed by atoms with Gasteiger partial charge in [0, 0.05) is 25.3 Å². The largest absolute Gasteiger partial charge is 0.375 e. The molecule has 0 saturated heterocycles. The average Bonchev–Trinajstić information content (AvgIpc) is 3.59. The molecule has 3 heterocycles. The van der Waals surface area contributed by atoms with Crippen molar-refractivity contribution < 1.29 is 14.1 Å². The maximum absolute atomic E-state index is 11.1. The summed E-state index contributed by atoms with van der Waals surface area (Å²) in [5, 5.41) is 14.7. The molecule has 0 fully saturated rings. The second kappa shape index (κ2) is 16.2.